The normalized spacial score (nSPS) is 16.5. The number of thiazole rings is 1. The molecule has 0 unspecified atom stereocenters. The number of hydrogen-bond donors (Lipinski definition) is 1. The number of amides is 1. The number of rotatable bonds is 3. The summed E-state index contributed by atoms with van der Waals surface area (Å²) in [6.45, 7) is 0.491. The van der Waals surface area contributed by atoms with Crippen molar-refractivity contribution in [1.29, 1.82) is 0 Å². The first-order chi connectivity index (χ1) is 12.5. The van der Waals surface area contributed by atoms with E-state index in [1.807, 2.05) is 18.2 Å². The zero-order valence-corrected chi connectivity index (χ0v) is 15.1. The lowest BCUT2D eigenvalue weighted by Crippen LogP contribution is -2.43. The van der Waals surface area contributed by atoms with Gasteiger partial charge < -0.3 is 4.74 Å². The molecule has 3 heterocycles. The van der Waals surface area contributed by atoms with Crippen LogP contribution in [0.5, 0.6) is 0 Å². The van der Waals surface area contributed by atoms with Gasteiger partial charge in [0.1, 0.15) is 0 Å². The summed E-state index contributed by atoms with van der Waals surface area (Å²) >= 11 is 7.17. The van der Waals surface area contributed by atoms with Crippen LogP contribution in [0, 0.1) is 0 Å². The smallest absolute Gasteiger partial charge is 0.264 e. The van der Waals surface area contributed by atoms with Gasteiger partial charge in [-0.2, -0.15) is 0 Å². The van der Waals surface area contributed by atoms with Crippen LogP contribution in [-0.4, -0.2) is 40.0 Å². The number of nitrogens with one attached hydrogen (secondary N) is 1. The van der Waals surface area contributed by atoms with Gasteiger partial charge in [0, 0.05) is 24.4 Å². The molecule has 0 saturated carbocycles. The lowest BCUT2D eigenvalue weighted by Gasteiger charge is -2.27. The highest BCUT2D eigenvalue weighted by molar-refractivity contribution is 7.19. The zero-order chi connectivity index (χ0) is 18.1. The lowest BCUT2D eigenvalue weighted by molar-refractivity contribution is -0.133. The van der Waals surface area contributed by atoms with Gasteiger partial charge in [0.15, 0.2) is 16.0 Å². The van der Waals surface area contributed by atoms with Crippen molar-refractivity contribution in [1.82, 2.24) is 15.2 Å². The second-order valence-electron chi connectivity index (χ2n) is 6.00. The van der Waals surface area contributed by atoms with Crippen molar-refractivity contribution in [2.24, 2.45) is 0 Å². The second kappa shape index (κ2) is 6.86. The maximum atomic E-state index is 14.7. The third-order valence-corrected chi connectivity index (χ3v) is 5.40. The Labute approximate surface area is 157 Å². The van der Waals surface area contributed by atoms with Crippen molar-refractivity contribution in [3.8, 4) is 10.4 Å². The summed E-state index contributed by atoms with van der Waals surface area (Å²) in [7, 11) is 0. The average molecular weight is 393 g/mol. The largest absolute Gasteiger partial charge is 0.381 e. The van der Waals surface area contributed by atoms with Crippen LogP contribution < -0.4 is 5.32 Å². The standard InChI is InChI=1S/C17H14ClFN4O2S/c18-14-8-11-7-10(1-2-12(11)22-23-14)13-9-20-16(26-13)21-15(24)17(19)3-5-25-6-4-17/h1-2,7-9H,3-6H2,(H,20,21,24). The summed E-state index contributed by atoms with van der Waals surface area (Å²) in [6.07, 6.45) is 1.76. The van der Waals surface area contributed by atoms with Crippen LogP contribution in [-0.2, 0) is 9.53 Å². The molecule has 0 aliphatic carbocycles. The van der Waals surface area contributed by atoms with Gasteiger partial charge in [-0.15, -0.1) is 10.2 Å². The van der Waals surface area contributed by atoms with Crippen molar-refractivity contribution in [3.63, 3.8) is 0 Å². The highest BCUT2D eigenvalue weighted by atomic mass is 35.5. The van der Waals surface area contributed by atoms with Gasteiger partial charge in [-0.1, -0.05) is 29.0 Å². The molecule has 134 valence electrons. The molecule has 1 aromatic carbocycles. The molecule has 3 aromatic rings. The van der Waals surface area contributed by atoms with E-state index in [0.717, 1.165) is 21.3 Å². The Morgan fingerprint density at radius 1 is 1.27 bits per heavy atom. The van der Waals surface area contributed by atoms with Crippen LogP contribution in [0.1, 0.15) is 12.8 Å². The lowest BCUT2D eigenvalue weighted by atomic mass is 9.96. The van der Waals surface area contributed by atoms with E-state index < -0.39 is 11.6 Å². The van der Waals surface area contributed by atoms with Crippen LogP contribution in [0.4, 0.5) is 9.52 Å². The quantitative estimate of drug-likeness (QED) is 0.732. The zero-order valence-electron chi connectivity index (χ0n) is 13.5. The van der Waals surface area contributed by atoms with Gasteiger partial charge >= 0.3 is 0 Å². The molecule has 4 rings (SSSR count). The van der Waals surface area contributed by atoms with Crippen LogP contribution in [0.25, 0.3) is 21.3 Å². The summed E-state index contributed by atoms with van der Waals surface area (Å²) in [6, 6.07) is 7.38. The summed E-state index contributed by atoms with van der Waals surface area (Å²) in [5.41, 5.74) is -0.265. The molecule has 9 heteroatoms. The van der Waals surface area contributed by atoms with Crippen molar-refractivity contribution < 1.29 is 13.9 Å². The maximum Gasteiger partial charge on any atom is 0.264 e. The number of aromatic nitrogens is 3. The minimum Gasteiger partial charge on any atom is -0.381 e. The third kappa shape index (κ3) is 3.40. The van der Waals surface area contributed by atoms with E-state index in [1.165, 1.54) is 11.3 Å². The third-order valence-electron chi connectivity index (χ3n) is 4.26. The number of halogens is 2. The molecule has 1 amide bonds. The van der Waals surface area contributed by atoms with Crippen LogP contribution >= 0.6 is 22.9 Å². The number of ether oxygens (including phenoxy) is 1. The van der Waals surface area contributed by atoms with E-state index in [9.17, 15) is 9.18 Å². The molecule has 1 fully saturated rings. The first kappa shape index (κ1) is 17.3. The van der Waals surface area contributed by atoms with E-state index in [-0.39, 0.29) is 26.1 Å². The van der Waals surface area contributed by atoms with Gasteiger partial charge in [0.2, 0.25) is 0 Å². The first-order valence-electron chi connectivity index (χ1n) is 8.01. The molecule has 0 bridgehead atoms. The van der Waals surface area contributed by atoms with Crippen molar-refractivity contribution in [3.05, 3.63) is 35.6 Å². The predicted octanol–water partition coefficient (Wildman–Crippen LogP) is 3.86. The molecular weight excluding hydrogens is 379 g/mol. The van der Waals surface area contributed by atoms with Gasteiger partial charge in [-0.25, -0.2) is 9.37 Å². The van der Waals surface area contributed by atoms with Gasteiger partial charge in [-0.3, -0.25) is 10.1 Å². The van der Waals surface area contributed by atoms with Crippen LogP contribution in [0.3, 0.4) is 0 Å². The minimum absolute atomic E-state index is 0.0591. The number of fused-ring (bicyclic) bond motifs is 1. The molecule has 1 aliphatic heterocycles. The molecule has 26 heavy (non-hydrogen) atoms. The topological polar surface area (TPSA) is 77.0 Å². The number of anilines is 1. The van der Waals surface area contributed by atoms with E-state index in [2.05, 4.69) is 20.5 Å². The molecule has 6 nitrogen and oxygen atoms in total. The van der Waals surface area contributed by atoms with Crippen molar-refractivity contribution in [2.75, 3.05) is 18.5 Å². The highest BCUT2D eigenvalue weighted by Crippen LogP contribution is 2.33. The molecular formula is C17H14ClFN4O2S. The van der Waals surface area contributed by atoms with Crippen molar-refractivity contribution >= 4 is 44.9 Å². The summed E-state index contributed by atoms with van der Waals surface area (Å²) < 4.78 is 19.8. The number of alkyl halides is 1. The number of hydrogen-bond acceptors (Lipinski definition) is 6. The highest BCUT2D eigenvalue weighted by Gasteiger charge is 2.40. The monoisotopic (exact) mass is 392 g/mol. The Kier molecular flexibility index (Phi) is 4.56. The van der Waals surface area contributed by atoms with Gasteiger partial charge in [0.05, 0.1) is 23.6 Å². The maximum absolute atomic E-state index is 14.7. The van der Waals surface area contributed by atoms with Gasteiger partial charge in [-0.05, 0) is 23.8 Å². The van der Waals surface area contributed by atoms with Crippen LogP contribution in [0.2, 0.25) is 5.15 Å². The Morgan fingerprint density at radius 3 is 2.88 bits per heavy atom. The first-order valence-corrected chi connectivity index (χ1v) is 9.20. The fourth-order valence-corrected chi connectivity index (χ4v) is 3.73. The molecule has 1 N–H and O–H groups in total. The molecule has 1 aliphatic rings. The number of nitrogens with zero attached hydrogens (tertiary/aromatic N) is 3. The fourth-order valence-electron chi connectivity index (χ4n) is 2.77. The number of benzene rings is 1. The molecule has 1 saturated heterocycles. The Morgan fingerprint density at radius 2 is 2.08 bits per heavy atom. The van der Waals surface area contributed by atoms with E-state index in [1.54, 1.807) is 12.3 Å². The summed E-state index contributed by atoms with van der Waals surface area (Å²) in [5, 5.41) is 11.9. The summed E-state index contributed by atoms with van der Waals surface area (Å²) in [5.74, 6) is -0.665. The second-order valence-corrected chi connectivity index (χ2v) is 7.42. The predicted molar refractivity (Wildman–Crippen MR) is 98.2 cm³/mol. The van der Waals surface area contributed by atoms with E-state index >= 15 is 0 Å². The average Bonchev–Trinajstić information content (AvgIpc) is 3.10. The van der Waals surface area contributed by atoms with Crippen molar-refractivity contribution in [2.45, 2.75) is 18.5 Å². The van der Waals surface area contributed by atoms with E-state index in [0.29, 0.717) is 10.3 Å². The fraction of sp³-hybridized carbons (Fsp3) is 0.294. The molecule has 2 aromatic heterocycles. The summed E-state index contributed by atoms with van der Waals surface area (Å²) in [4.78, 5) is 17.3. The minimum atomic E-state index is -1.90. The van der Waals surface area contributed by atoms with Crippen LogP contribution in [0.15, 0.2) is 30.5 Å². The Balaban J connectivity index is 1.55. The van der Waals surface area contributed by atoms with E-state index in [4.69, 9.17) is 16.3 Å². The molecule has 0 radical (unpaired) electrons. The Hall–Kier alpha value is -2.16. The molecule has 0 spiro atoms. The molecule has 0 atom stereocenters. The SMILES string of the molecule is O=C(Nc1ncc(-c2ccc3nnc(Cl)cc3c2)s1)C1(F)CCOCC1. The number of carbonyl (C=O) groups excluding carboxylic acids is 1. The Bertz CT molecular complexity index is 974. The number of carbonyl (C=O) groups is 1. The van der Waals surface area contributed by atoms with Gasteiger partial charge in [0.25, 0.3) is 5.91 Å².